The highest BCUT2D eigenvalue weighted by atomic mass is 35.5. The maximum atomic E-state index is 13.7. The Kier molecular flexibility index (Phi) is 10.2. The van der Waals surface area contributed by atoms with Crippen molar-refractivity contribution < 1.29 is 40.3 Å². The smallest absolute Gasteiger partial charge is 0.369 e. The third-order valence-corrected chi connectivity index (χ3v) is 6.40. The molecule has 0 bridgehead atoms. The van der Waals surface area contributed by atoms with Gasteiger partial charge in [-0.25, -0.2) is 9.18 Å². The molecule has 0 aromatic heterocycles. The lowest BCUT2D eigenvalue weighted by Crippen LogP contribution is -2.51. The van der Waals surface area contributed by atoms with E-state index in [1.165, 1.54) is 30.1 Å². The Morgan fingerprint density at radius 2 is 1.64 bits per heavy atom. The molecule has 39 heavy (non-hydrogen) atoms. The fraction of sp³-hybridized carbons (Fsp3) is 0.440. The molecule has 2 aromatic rings. The van der Waals surface area contributed by atoms with Gasteiger partial charge in [-0.2, -0.15) is 26.3 Å². The molecule has 6 nitrogen and oxygen atoms in total. The Labute approximate surface area is 226 Å². The van der Waals surface area contributed by atoms with Crippen molar-refractivity contribution in [1.29, 1.82) is 0 Å². The van der Waals surface area contributed by atoms with E-state index in [0.29, 0.717) is 36.1 Å². The largest absolute Gasteiger partial charge is 0.416 e. The monoisotopic (exact) mass is 584 g/mol. The zero-order valence-electron chi connectivity index (χ0n) is 21.0. The molecule has 0 saturated carbocycles. The van der Waals surface area contributed by atoms with Crippen LogP contribution in [-0.4, -0.2) is 47.9 Å². The number of aryl methyl sites for hydroxylation is 1. The van der Waals surface area contributed by atoms with Crippen LogP contribution in [0.25, 0.3) is 0 Å². The number of nitrogens with zero attached hydrogens (tertiary/aromatic N) is 2. The highest BCUT2D eigenvalue weighted by Gasteiger charge is 2.38. The predicted octanol–water partition coefficient (Wildman–Crippen LogP) is 5.43. The Balaban J connectivity index is 0.00000533. The number of nitrogens with two attached hydrogens (primary N) is 1. The minimum absolute atomic E-state index is 0. The van der Waals surface area contributed by atoms with Crippen molar-refractivity contribution in [2.24, 2.45) is 5.73 Å². The summed E-state index contributed by atoms with van der Waals surface area (Å²) < 4.78 is 93.3. The van der Waals surface area contributed by atoms with Crippen LogP contribution in [0.3, 0.4) is 0 Å². The molecule has 2 aromatic carbocycles. The first kappa shape index (κ1) is 32.2. The van der Waals surface area contributed by atoms with Gasteiger partial charge >= 0.3 is 18.4 Å². The Hall–Kier alpha value is -3.06. The van der Waals surface area contributed by atoms with E-state index in [-0.39, 0.29) is 43.2 Å². The average molecular weight is 585 g/mol. The molecule has 1 heterocycles. The lowest BCUT2D eigenvalue weighted by Gasteiger charge is -2.42. The second-order valence-corrected chi connectivity index (χ2v) is 9.33. The third-order valence-electron chi connectivity index (χ3n) is 6.40. The van der Waals surface area contributed by atoms with E-state index < -0.39 is 53.8 Å². The normalized spacial score (nSPS) is 17.9. The number of rotatable bonds is 6. The van der Waals surface area contributed by atoms with E-state index in [1.807, 2.05) is 0 Å². The molecule has 3 amide bonds. The number of piperidine rings is 1. The van der Waals surface area contributed by atoms with Gasteiger partial charge in [0.25, 0.3) is 0 Å². The van der Waals surface area contributed by atoms with Crippen LogP contribution in [0.1, 0.15) is 46.7 Å². The quantitative estimate of drug-likeness (QED) is 0.445. The molecule has 1 aliphatic heterocycles. The van der Waals surface area contributed by atoms with E-state index in [2.05, 4.69) is 5.32 Å². The van der Waals surface area contributed by atoms with Gasteiger partial charge in [-0.1, -0.05) is 6.07 Å². The number of alkyl halides is 6. The van der Waals surface area contributed by atoms with Crippen LogP contribution >= 0.6 is 12.4 Å². The average Bonchev–Trinajstić information content (AvgIpc) is 2.81. The molecule has 3 N–H and O–H groups in total. The highest BCUT2D eigenvalue weighted by molar-refractivity contribution is 5.85. The lowest BCUT2D eigenvalue weighted by atomic mass is 9.89. The number of likely N-dealkylation sites (tertiary alicyclic amines) is 1. The number of amides is 3. The molecule has 0 spiro atoms. The van der Waals surface area contributed by atoms with Crippen molar-refractivity contribution in [2.75, 3.05) is 20.1 Å². The van der Waals surface area contributed by atoms with Crippen LogP contribution in [0.2, 0.25) is 0 Å². The summed E-state index contributed by atoms with van der Waals surface area (Å²) in [7, 11) is 1.28. The Morgan fingerprint density at radius 3 is 2.15 bits per heavy atom. The summed E-state index contributed by atoms with van der Waals surface area (Å²) in [6.45, 7) is 1.22. The number of benzene rings is 2. The number of halogens is 8. The summed E-state index contributed by atoms with van der Waals surface area (Å²) in [5.41, 5.74) is 3.11. The summed E-state index contributed by atoms with van der Waals surface area (Å²) in [5, 5.41) is 3.01. The SMILES string of the molecule is Cc1cc(F)ccc1[C@H]1C[C@@H](NCC(N)=O)CCN1C(=O)N(C)Cc1cc(C(F)(F)F)cc(C(F)(F)F)c1.Cl. The minimum atomic E-state index is -5.01. The molecular weight excluding hydrogens is 557 g/mol. The minimum Gasteiger partial charge on any atom is -0.369 e. The van der Waals surface area contributed by atoms with Gasteiger partial charge in [-0.15, -0.1) is 12.4 Å². The maximum absolute atomic E-state index is 13.7. The number of nitrogens with one attached hydrogen (secondary N) is 1. The van der Waals surface area contributed by atoms with E-state index in [4.69, 9.17) is 5.73 Å². The van der Waals surface area contributed by atoms with Crippen LogP contribution in [0.15, 0.2) is 36.4 Å². The molecule has 1 aliphatic rings. The molecule has 1 saturated heterocycles. The topological polar surface area (TPSA) is 78.7 Å². The summed E-state index contributed by atoms with van der Waals surface area (Å²) in [6.07, 6.45) is -9.29. The van der Waals surface area contributed by atoms with Crippen LogP contribution in [0.5, 0.6) is 0 Å². The van der Waals surface area contributed by atoms with Crippen molar-refractivity contribution in [3.8, 4) is 0 Å². The second kappa shape index (κ2) is 12.4. The molecule has 14 heteroatoms. The van der Waals surface area contributed by atoms with Crippen molar-refractivity contribution in [3.63, 3.8) is 0 Å². The van der Waals surface area contributed by atoms with Crippen molar-refractivity contribution in [3.05, 3.63) is 70.0 Å². The van der Waals surface area contributed by atoms with Gasteiger partial charge in [0.1, 0.15) is 5.82 Å². The molecule has 3 rings (SSSR count). The van der Waals surface area contributed by atoms with Crippen LogP contribution in [-0.2, 0) is 23.7 Å². The zero-order valence-corrected chi connectivity index (χ0v) is 21.8. The first-order chi connectivity index (χ1) is 17.6. The molecule has 2 atom stereocenters. The van der Waals surface area contributed by atoms with Gasteiger partial charge in [-0.05, 0) is 66.8 Å². The summed E-state index contributed by atoms with van der Waals surface area (Å²) in [4.78, 5) is 27.1. The van der Waals surface area contributed by atoms with Crippen molar-refractivity contribution in [1.82, 2.24) is 15.1 Å². The zero-order chi connectivity index (χ0) is 28.4. The molecule has 1 fully saturated rings. The summed E-state index contributed by atoms with van der Waals surface area (Å²) in [5.74, 6) is -1.05. The molecule has 0 radical (unpaired) electrons. The first-order valence-corrected chi connectivity index (χ1v) is 11.6. The van der Waals surface area contributed by atoms with Crippen LogP contribution in [0.4, 0.5) is 35.5 Å². The van der Waals surface area contributed by atoms with Crippen LogP contribution in [0, 0.1) is 12.7 Å². The van der Waals surface area contributed by atoms with Crippen molar-refractivity contribution >= 4 is 24.3 Å². The number of hydrogen-bond donors (Lipinski definition) is 2. The molecule has 0 unspecified atom stereocenters. The second-order valence-electron chi connectivity index (χ2n) is 9.33. The van der Waals surface area contributed by atoms with Crippen LogP contribution < -0.4 is 11.1 Å². The van der Waals surface area contributed by atoms with Gasteiger partial charge < -0.3 is 20.9 Å². The van der Waals surface area contributed by atoms with E-state index in [1.54, 1.807) is 6.92 Å². The number of carbonyl (C=O) groups is 2. The molecule has 216 valence electrons. The van der Waals surface area contributed by atoms with E-state index in [0.717, 1.165) is 4.90 Å². The van der Waals surface area contributed by atoms with Gasteiger partial charge in [0.2, 0.25) is 5.91 Å². The summed E-state index contributed by atoms with van der Waals surface area (Å²) in [6, 6.07) is 3.80. The van der Waals surface area contributed by atoms with Gasteiger partial charge in [0.15, 0.2) is 0 Å². The van der Waals surface area contributed by atoms with Crippen molar-refractivity contribution in [2.45, 2.75) is 50.7 Å². The third kappa shape index (κ3) is 8.21. The highest BCUT2D eigenvalue weighted by Crippen LogP contribution is 2.37. The molecule has 0 aliphatic carbocycles. The Bertz CT molecular complexity index is 1160. The standard InChI is InChI=1S/C25H27F7N4O2.ClH/c1-14-7-18(26)3-4-20(14)21-11-19(34-12-22(33)37)5-6-36(21)23(38)35(2)13-15-8-16(24(27,28)29)10-17(9-15)25(30,31)32;/h3-4,7-10,19,21,34H,5-6,11-13H2,1-2H3,(H2,33,37);1H/t19-,21+;/m0./s1. The molecular formula is C25H28ClF7N4O2. The number of hydrogen-bond acceptors (Lipinski definition) is 3. The lowest BCUT2D eigenvalue weighted by molar-refractivity contribution is -0.143. The van der Waals surface area contributed by atoms with Gasteiger partial charge in [-0.3, -0.25) is 4.79 Å². The fourth-order valence-corrected chi connectivity index (χ4v) is 4.60. The number of urea groups is 1. The maximum Gasteiger partial charge on any atom is 0.416 e. The fourth-order valence-electron chi connectivity index (χ4n) is 4.60. The number of carbonyl (C=O) groups excluding carboxylic acids is 2. The first-order valence-electron chi connectivity index (χ1n) is 11.6. The number of primary amides is 1. The van der Waals surface area contributed by atoms with E-state index >= 15 is 0 Å². The predicted molar refractivity (Wildman–Crippen MR) is 131 cm³/mol. The van der Waals surface area contributed by atoms with Gasteiger partial charge in [0.05, 0.1) is 23.7 Å². The summed E-state index contributed by atoms with van der Waals surface area (Å²) >= 11 is 0. The Morgan fingerprint density at radius 1 is 1.05 bits per heavy atom. The van der Waals surface area contributed by atoms with E-state index in [9.17, 15) is 40.3 Å². The van der Waals surface area contributed by atoms with Gasteiger partial charge in [0, 0.05) is 26.2 Å².